The molecule has 1 saturated carbocycles. The molecule has 1 rings (SSSR count). The van der Waals surface area contributed by atoms with Crippen LogP contribution in [0.15, 0.2) is 11.6 Å². The summed E-state index contributed by atoms with van der Waals surface area (Å²) in [4.78, 5) is 22.8. The Kier molecular flexibility index (Phi) is 3.50. The first kappa shape index (κ1) is 11.8. The highest BCUT2D eigenvalue weighted by atomic mass is 16.5. The van der Waals surface area contributed by atoms with Gasteiger partial charge in [-0.25, -0.2) is 4.79 Å². The Balaban J connectivity index is 2.56. The summed E-state index contributed by atoms with van der Waals surface area (Å²) in [6.07, 6.45) is 3.70. The highest BCUT2D eigenvalue weighted by Gasteiger charge is 2.52. The van der Waals surface area contributed by atoms with Gasteiger partial charge in [-0.2, -0.15) is 0 Å². The van der Waals surface area contributed by atoms with E-state index in [2.05, 4.69) is 10.1 Å². The lowest BCUT2D eigenvalue weighted by molar-refractivity contribution is -0.145. The summed E-state index contributed by atoms with van der Waals surface area (Å²) in [5, 5.41) is 2.69. The summed E-state index contributed by atoms with van der Waals surface area (Å²) in [6, 6.07) is 0. The smallest absolute Gasteiger partial charge is 0.331 e. The van der Waals surface area contributed by atoms with E-state index < -0.39 is 5.54 Å². The van der Waals surface area contributed by atoms with Gasteiger partial charge in [0.2, 0.25) is 5.91 Å². The minimum atomic E-state index is -0.740. The predicted octanol–water partition coefficient (Wildman–Crippen LogP) is 1.16. The highest BCUT2D eigenvalue weighted by Crippen LogP contribution is 2.36. The number of amides is 1. The van der Waals surface area contributed by atoms with Crippen LogP contribution in [0.2, 0.25) is 0 Å². The van der Waals surface area contributed by atoms with Crippen molar-refractivity contribution in [3.8, 4) is 0 Å². The Labute approximate surface area is 89.7 Å². The number of carbonyl (C=O) groups is 2. The van der Waals surface area contributed by atoms with Crippen molar-refractivity contribution in [1.82, 2.24) is 5.32 Å². The average molecular weight is 211 g/mol. The van der Waals surface area contributed by atoms with Gasteiger partial charge in [0.1, 0.15) is 5.54 Å². The Morgan fingerprint density at radius 2 is 2.07 bits per heavy atom. The first-order valence-corrected chi connectivity index (χ1v) is 5.12. The fraction of sp³-hybridized carbons (Fsp3) is 0.636. The van der Waals surface area contributed by atoms with Gasteiger partial charge in [0, 0.05) is 6.08 Å². The van der Waals surface area contributed by atoms with Crippen molar-refractivity contribution in [1.29, 1.82) is 0 Å². The lowest BCUT2D eigenvalue weighted by Gasteiger charge is -2.13. The first-order chi connectivity index (χ1) is 7.04. The van der Waals surface area contributed by atoms with E-state index >= 15 is 0 Å². The normalized spacial score (nSPS) is 18.2. The number of hydrogen-bond acceptors (Lipinski definition) is 3. The fourth-order valence-corrected chi connectivity index (χ4v) is 1.30. The number of rotatable bonds is 4. The van der Waals surface area contributed by atoms with Crippen molar-refractivity contribution in [2.75, 3.05) is 7.11 Å². The maximum atomic E-state index is 11.5. The molecule has 1 aliphatic carbocycles. The molecule has 0 aromatic rings. The third-order valence-electron chi connectivity index (χ3n) is 2.62. The number of hydrogen-bond donors (Lipinski definition) is 1. The van der Waals surface area contributed by atoms with Crippen LogP contribution in [0.25, 0.3) is 0 Å². The SMILES string of the molecule is CC/C(C)=C/C(=O)NC1(C(=O)OC)CC1. The maximum Gasteiger partial charge on any atom is 0.331 e. The van der Waals surface area contributed by atoms with Crippen LogP contribution in [-0.2, 0) is 14.3 Å². The van der Waals surface area contributed by atoms with Gasteiger partial charge < -0.3 is 10.1 Å². The molecule has 0 bridgehead atoms. The molecule has 4 heteroatoms. The zero-order valence-corrected chi connectivity index (χ0v) is 9.42. The minimum absolute atomic E-state index is 0.211. The second-order valence-electron chi connectivity index (χ2n) is 3.91. The monoisotopic (exact) mass is 211 g/mol. The number of ether oxygens (including phenoxy) is 1. The molecule has 0 aromatic carbocycles. The molecular weight excluding hydrogens is 194 g/mol. The van der Waals surface area contributed by atoms with Crippen LogP contribution in [0.3, 0.4) is 0 Å². The molecule has 0 heterocycles. The van der Waals surface area contributed by atoms with E-state index in [1.165, 1.54) is 13.2 Å². The lowest BCUT2D eigenvalue weighted by atomic mass is 10.2. The number of methoxy groups -OCH3 is 1. The van der Waals surface area contributed by atoms with Gasteiger partial charge in [-0.1, -0.05) is 12.5 Å². The molecular formula is C11H17NO3. The largest absolute Gasteiger partial charge is 0.467 e. The van der Waals surface area contributed by atoms with E-state index in [1.54, 1.807) is 0 Å². The van der Waals surface area contributed by atoms with Gasteiger partial charge >= 0.3 is 5.97 Å². The summed E-state index contributed by atoms with van der Waals surface area (Å²) in [5.74, 6) is -0.560. The zero-order valence-electron chi connectivity index (χ0n) is 9.42. The quantitative estimate of drug-likeness (QED) is 0.561. The molecule has 15 heavy (non-hydrogen) atoms. The summed E-state index contributed by atoms with van der Waals surface area (Å²) in [6.45, 7) is 3.86. The molecule has 0 spiro atoms. The molecule has 0 saturated heterocycles. The number of carbonyl (C=O) groups excluding carboxylic acids is 2. The zero-order chi connectivity index (χ0) is 11.5. The van der Waals surface area contributed by atoms with Crippen molar-refractivity contribution in [3.63, 3.8) is 0 Å². The van der Waals surface area contributed by atoms with E-state index in [1.807, 2.05) is 13.8 Å². The van der Waals surface area contributed by atoms with Crippen LogP contribution >= 0.6 is 0 Å². The van der Waals surface area contributed by atoms with Crippen molar-refractivity contribution in [2.24, 2.45) is 0 Å². The van der Waals surface area contributed by atoms with Crippen LogP contribution in [-0.4, -0.2) is 24.5 Å². The Morgan fingerprint density at radius 1 is 1.47 bits per heavy atom. The second-order valence-corrected chi connectivity index (χ2v) is 3.91. The van der Waals surface area contributed by atoms with Gasteiger partial charge in [0.15, 0.2) is 0 Å². The Hall–Kier alpha value is -1.32. The summed E-state index contributed by atoms with van der Waals surface area (Å²) in [7, 11) is 1.34. The van der Waals surface area contributed by atoms with Crippen LogP contribution in [0.1, 0.15) is 33.1 Å². The molecule has 0 atom stereocenters. The molecule has 0 aliphatic heterocycles. The maximum absolute atomic E-state index is 11.5. The van der Waals surface area contributed by atoms with E-state index in [0.29, 0.717) is 12.8 Å². The fourth-order valence-electron chi connectivity index (χ4n) is 1.30. The van der Waals surface area contributed by atoms with Gasteiger partial charge in [0.25, 0.3) is 0 Å². The van der Waals surface area contributed by atoms with Crippen molar-refractivity contribution < 1.29 is 14.3 Å². The molecule has 0 radical (unpaired) electrons. The van der Waals surface area contributed by atoms with Crippen LogP contribution in [0, 0.1) is 0 Å². The topological polar surface area (TPSA) is 55.4 Å². The number of esters is 1. The first-order valence-electron chi connectivity index (χ1n) is 5.12. The van der Waals surface area contributed by atoms with Gasteiger partial charge in [-0.3, -0.25) is 4.79 Å². The highest BCUT2D eigenvalue weighted by molar-refractivity contribution is 5.95. The molecule has 0 unspecified atom stereocenters. The molecule has 0 aromatic heterocycles. The number of nitrogens with one attached hydrogen (secondary N) is 1. The van der Waals surface area contributed by atoms with Crippen LogP contribution < -0.4 is 5.32 Å². The average Bonchev–Trinajstić information content (AvgIpc) is 2.97. The van der Waals surface area contributed by atoms with E-state index in [4.69, 9.17) is 0 Å². The molecule has 1 N–H and O–H groups in total. The van der Waals surface area contributed by atoms with E-state index in [-0.39, 0.29) is 11.9 Å². The van der Waals surface area contributed by atoms with Gasteiger partial charge in [-0.15, -0.1) is 0 Å². The van der Waals surface area contributed by atoms with Crippen LogP contribution in [0.4, 0.5) is 0 Å². The van der Waals surface area contributed by atoms with E-state index in [0.717, 1.165) is 12.0 Å². The van der Waals surface area contributed by atoms with Crippen molar-refractivity contribution in [2.45, 2.75) is 38.6 Å². The second kappa shape index (κ2) is 4.47. The molecule has 1 fully saturated rings. The molecule has 4 nitrogen and oxygen atoms in total. The summed E-state index contributed by atoms with van der Waals surface area (Å²) >= 11 is 0. The molecule has 1 amide bonds. The molecule has 1 aliphatic rings. The third-order valence-corrected chi connectivity index (χ3v) is 2.62. The summed E-state index contributed by atoms with van der Waals surface area (Å²) in [5.41, 5.74) is 0.254. The number of allylic oxidation sites excluding steroid dienone is 1. The minimum Gasteiger partial charge on any atom is -0.467 e. The van der Waals surface area contributed by atoms with Gasteiger partial charge in [-0.05, 0) is 26.2 Å². The Morgan fingerprint density at radius 3 is 2.47 bits per heavy atom. The van der Waals surface area contributed by atoms with Gasteiger partial charge in [0.05, 0.1) is 7.11 Å². The van der Waals surface area contributed by atoms with Crippen molar-refractivity contribution in [3.05, 3.63) is 11.6 Å². The predicted molar refractivity (Wildman–Crippen MR) is 56.2 cm³/mol. The van der Waals surface area contributed by atoms with Crippen molar-refractivity contribution >= 4 is 11.9 Å². The Bertz CT molecular complexity index is 303. The standard InChI is InChI=1S/C11H17NO3/c1-4-8(2)7-9(13)12-11(5-6-11)10(14)15-3/h7H,4-6H2,1-3H3,(H,12,13)/b8-7+. The lowest BCUT2D eigenvalue weighted by Crippen LogP contribution is -2.43. The summed E-state index contributed by atoms with van der Waals surface area (Å²) < 4.78 is 4.64. The van der Waals surface area contributed by atoms with Crippen LogP contribution in [0.5, 0.6) is 0 Å². The van der Waals surface area contributed by atoms with E-state index in [9.17, 15) is 9.59 Å². The molecule has 84 valence electrons. The third kappa shape index (κ3) is 2.81.